The average molecular weight is 302 g/mol. The zero-order chi connectivity index (χ0) is 13.1. The van der Waals surface area contributed by atoms with Crippen molar-refractivity contribution in [1.82, 2.24) is 9.97 Å². The zero-order valence-corrected chi connectivity index (χ0v) is 11.0. The molecule has 1 aromatic carbocycles. The van der Waals surface area contributed by atoms with Crippen LogP contribution in [0.5, 0.6) is 0 Å². The third kappa shape index (κ3) is 3.10. The summed E-state index contributed by atoms with van der Waals surface area (Å²) in [5.74, 6) is 0. The van der Waals surface area contributed by atoms with Crippen molar-refractivity contribution in [3.8, 4) is 0 Å². The number of nitrogens with zero attached hydrogens (tertiary/aromatic N) is 3. The highest BCUT2D eigenvalue weighted by atomic mass is 35.5. The molecule has 5 nitrogen and oxygen atoms in total. The van der Waals surface area contributed by atoms with E-state index in [1.54, 1.807) is 12.1 Å². The fraction of sp³-hybridized carbons (Fsp3) is 0. The summed E-state index contributed by atoms with van der Waals surface area (Å²) in [5.41, 5.74) is 0.0335. The lowest BCUT2D eigenvalue weighted by molar-refractivity contribution is -0.384. The molecule has 0 saturated carbocycles. The number of halogens is 2. The summed E-state index contributed by atoms with van der Waals surface area (Å²) in [6, 6.07) is 6.07. The Labute approximate surface area is 116 Å². The Bertz CT molecular complexity index is 592. The van der Waals surface area contributed by atoms with Crippen molar-refractivity contribution in [1.29, 1.82) is 0 Å². The first-order valence-corrected chi connectivity index (χ1v) is 6.24. The van der Waals surface area contributed by atoms with Gasteiger partial charge in [0, 0.05) is 17.0 Å². The lowest BCUT2D eigenvalue weighted by atomic mass is 10.3. The lowest BCUT2D eigenvalue weighted by Gasteiger charge is -2.02. The molecule has 0 saturated heterocycles. The highest BCUT2D eigenvalue weighted by Crippen LogP contribution is 2.32. The second-order valence-electron chi connectivity index (χ2n) is 3.15. The molecule has 18 heavy (non-hydrogen) atoms. The van der Waals surface area contributed by atoms with Gasteiger partial charge in [0.25, 0.3) is 5.69 Å². The van der Waals surface area contributed by atoms with Gasteiger partial charge in [-0.15, -0.1) is 0 Å². The fourth-order valence-electron chi connectivity index (χ4n) is 1.15. The second kappa shape index (κ2) is 5.51. The third-order valence-corrected chi connectivity index (χ3v) is 3.53. The van der Waals surface area contributed by atoms with E-state index in [9.17, 15) is 10.1 Å². The van der Waals surface area contributed by atoms with Crippen molar-refractivity contribution < 1.29 is 4.92 Å². The summed E-state index contributed by atoms with van der Waals surface area (Å²) < 4.78 is 0. The largest absolute Gasteiger partial charge is 0.269 e. The molecule has 0 bridgehead atoms. The number of nitro groups is 1. The molecule has 1 heterocycles. The zero-order valence-electron chi connectivity index (χ0n) is 8.71. The highest BCUT2D eigenvalue weighted by Gasteiger charge is 2.08. The Morgan fingerprint density at radius 3 is 2.50 bits per heavy atom. The summed E-state index contributed by atoms with van der Waals surface area (Å²) in [4.78, 5) is 18.5. The molecule has 0 unspecified atom stereocenters. The second-order valence-corrected chi connectivity index (χ2v) is 4.95. The van der Waals surface area contributed by atoms with E-state index < -0.39 is 4.92 Å². The molecular formula is C10H5Cl2N3O2S. The van der Waals surface area contributed by atoms with Gasteiger partial charge in [-0.2, -0.15) is 0 Å². The Hall–Kier alpha value is -1.37. The molecule has 2 rings (SSSR count). The standard InChI is InChI=1S/C10H5Cl2N3O2S/c11-8-5-13-10(12)14-9(8)18-7-3-1-6(2-4-7)15(16)17/h1-5H. The molecule has 2 aromatic rings. The Kier molecular flexibility index (Phi) is 4.00. The molecular weight excluding hydrogens is 297 g/mol. The summed E-state index contributed by atoms with van der Waals surface area (Å²) in [5, 5.41) is 11.5. The average Bonchev–Trinajstić information content (AvgIpc) is 2.34. The van der Waals surface area contributed by atoms with Gasteiger partial charge in [0.05, 0.1) is 16.1 Å². The first-order chi connectivity index (χ1) is 8.56. The SMILES string of the molecule is O=[N+]([O-])c1ccc(Sc2nc(Cl)ncc2Cl)cc1. The summed E-state index contributed by atoms with van der Waals surface area (Å²) >= 11 is 12.8. The van der Waals surface area contributed by atoms with Crippen molar-refractivity contribution >= 4 is 40.7 Å². The van der Waals surface area contributed by atoms with Crippen molar-refractivity contribution in [2.75, 3.05) is 0 Å². The molecule has 0 N–H and O–H groups in total. The fourth-order valence-corrected chi connectivity index (χ4v) is 2.32. The summed E-state index contributed by atoms with van der Waals surface area (Å²) in [6.45, 7) is 0. The number of hydrogen-bond acceptors (Lipinski definition) is 5. The molecule has 0 atom stereocenters. The van der Waals surface area contributed by atoms with Crippen LogP contribution >= 0.6 is 35.0 Å². The van der Waals surface area contributed by atoms with E-state index in [0.717, 1.165) is 4.90 Å². The molecule has 0 aliphatic carbocycles. The highest BCUT2D eigenvalue weighted by molar-refractivity contribution is 7.99. The quantitative estimate of drug-likeness (QED) is 0.373. The van der Waals surface area contributed by atoms with Crippen LogP contribution in [-0.2, 0) is 0 Å². The van der Waals surface area contributed by atoms with Crippen molar-refractivity contribution in [3.63, 3.8) is 0 Å². The maximum atomic E-state index is 10.5. The van der Waals surface area contributed by atoms with E-state index in [1.165, 1.54) is 30.1 Å². The smallest absolute Gasteiger partial charge is 0.258 e. The Morgan fingerprint density at radius 1 is 1.22 bits per heavy atom. The van der Waals surface area contributed by atoms with E-state index in [4.69, 9.17) is 23.2 Å². The van der Waals surface area contributed by atoms with Crippen molar-refractivity contribution in [2.45, 2.75) is 9.92 Å². The van der Waals surface area contributed by atoms with E-state index in [2.05, 4.69) is 9.97 Å². The van der Waals surface area contributed by atoms with Gasteiger partial charge in [-0.05, 0) is 23.7 Å². The van der Waals surface area contributed by atoms with Crippen LogP contribution in [0, 0.1) is 10.1 Å². The molecule has 0 fully saturated rings. The van der Waals surface area contributed by atoms with Gasteiger partial charge in [0.1, 0.15) is 5.03 Å². The number of benzene rings is 1. The van der Waals surface area contributed by atoms with Gasteiger partial charge in [0.2, 0.25) is 5.28 Å². The molecule has 1 aromatic heterocycles. The van der Waals surface area contributed by atoms with Crippen LogP contribution in [0.1, 0.15) is 0 Å². The summed E-state index contributed by atoms with van der Waals surface area (Å²) in [6.07, 6.45) is 1.41. The van der Waals surface area contributed by atoms with Gasteiger partial charge in [0.15, 0.2) is 0 Å². The summed E-state index contributed by atoms with van der Waals surface area (Å²) in [7, 11) is 0. The van der Waals surface area contributed by atoms with Gasteiger partial charge in [-0.1, -0.05) is 23.4 Å². The molecule has 0 aliphatic heterocycles. The minimum absolute atomic E-state index is 0.0335. The van der Waals surface area contributed by atoms with Crippen LogP contribution in [0.3, 0.4) is 0 Å². The molecule has 0 amide bonds. The molecule has 0 aliphatic rings. The van der Waals surface area contributed by atoms with Crippen LogP contribution < -0.4 is 0 Å². The van der Waals surface area contributed by atoms with E-state index >= 15 is 0 Å². The maximum absolute atomic E-state index is 10.5. The monoisotopic (exact) mass is 301 g/mol. The first-order valence-electron chi connectivity index (χ1n) is 4.66. The van der Waals surface area contributed by atoms with Gasteiger partial charge < -0.3 is 0 Å². The lowest BCUT2D eigenvalue weighted by Crippen LogP contribution is -1.88. The van der Waals surface area contributed by atoms with Gasteiger partial charge in [-0.25, -0.2) is 9.97 Å². The van der Waals surface area contributed by atoms with Crippen molar-refractivity contribution in [2.24, 2.45) is 0 Å². The number of nitro benzene ring substituents is 1. The Morgan fingerprint density at radius 2 is 1.89 bits per heavy atom. The van der Waals surface area contributed by atoms with Crippen LogP contribution in [0.25, 0.3) is 0 Å². The van der Waals surface area contributed by atoms with Crippen LogP contribution in [0.15, 0.2) is 40.4 Å². The Balaban J connectivity index is 2.23. The third-order valence-electron chi connectivity index (χ3n) is 1.94. The number of non-ortho nitro benzene ring substituents is 1. The van der Waals surface area contributed by atoms with Crippen LogP contribution in [0.2, 0.25) is 10.3 Å². The minimum atomic E-state index is -0.455. The van der Waals surface area contributed by atoms with E-state index in [1.807, 2.05) is 0 Å². The molecule has 92 valence electrons. The predicted molar refractivity (Wildman–Crippen MR) is 69.3 cm³/mol. The van der Waals surface area contributed by atoms with Crippen LogP contribution in [-0.4, -0.2) is 14.9 Å². The number of rotatable bonds is 3. The molecule has 0 radical (unpaired) electrons. The predicted octanol–water partition coefficient (Wildman–Crippen LogP) is 3.84. The van der Waals surface area contributed by atoms with Crippen LogP contribution in [0.4, 0.5) is 5.69 Å². The van der Waals surface area contributed by atoms with E-state index in [-0.39, 0.29) is 11.0 Å². The molecule has 0 spiro atoms. The normalized spacial score (nSPS) is 10.3. The first kappa shape index (κ1) is 13.1. The number of aromatic nitrogens is 2. The van der Waals surface area contributed by atoms with Gasteiger partial charge >= 0.3 is 0 Å². The number of hydrogen-bond donors (Lipinski definition) is 0. The topological polar surface area (TPSA) is 68.9 Å². The van der Waals surface area contributed by atoms with Crippen molar-refractivity contribution in [3.05, 3.63) is 50.9 Å². The minimum Gasteiger partial charge on any atom is -0.258 e. The molecule has 8 heteroatoms. The van der Waals surface area contributed by atoms with E-state index in [0.29, 0.717) is 10.0 Å². The van der Waals surface area contributed by atoms with Gasteiger partial charge in [-0.3, -0.25) is 10.1 Å². The maximum Gasteiger partial charge on any atom is 0.269 e.